The molecular weight excluding hydrogens is 364 g/mol. The van der Waals surface area contributed by atoms with Crippen LogP contribution in [0.25, 0.3) is 0 Å². The summed E-state index contributed by atoms with van der Waals surface area (Å²) in [5.74, 6) is -0.150. The molecule has 0 bridgehead atoms. The van der Waals surface area contributed by atoms with E-state index in [4.69, 9.17) is 16.3 Å². The molecule has 142 valence electrons. The van der Waals surface area contributed by atoms with Gasteiger partial charge in [-0.1, -0.05) is 17.7 Å². The van der Waals surface area contributed by atoms with Crippen molar-refractivity contribution < 1.29 is 14.3 Å². The number of halogens is 1. The summed E-state index contributed by atoms with van der Waals surface area (Å²) in [7, 11) is 1.51. The lowest BCUT2D eigenvalue weighted by Gasteiger charge is -2.18. The number of amides is 2. The summed E-state index contributed by atoms with van der Waals surface area (Å²) in [6.07, 6.45) is 1.04. The lowest BCUT2D eigenvalue weighted by Crippen LogP contribution is -2.35. The Bertz CT molecular complexity index is 900. The van der Waals surface area contributed by atoms with Gasteiger partial charge in [-0.3, -0.25) is 9.59 Å². The maximum Gasteiger partial charge on any atom is 0.240 e. The molecule has 6 heteroatoms. The molecule has 1 aliphatic rings. The van der Waals surface area contributed by atoms with Crippen molar-refractivity contribution in [3.05, 3.63) is 52.0 Å². The summed E-state index contributed by atoms with van der Waals surface area (Å²) in [6.45, 7) is 5.78. The smallest absolute Gasteiger partial charge is 0.240 e. The lowest BCUT2D eigenvalue weighted by atomic mass is 10.0. The fourth-order valence-electron chi connectivity index (χ4n) is 3.15. The van der Waals surface area contributed by atoms with Crippen LogP contribution in [0, 0.1) is 26.2 Å². The lowest BCUT2D eigenvalue weighted by molar-refractivity contribution is -0.131. The van der Waals surface area contributed by atoms with Crippen molar-refractivity contribution in [2.75, 3.05) is 17.7 Å². The van der Waals surface area contributed by atoms with Gasteiger partial charge in [-0.05, 0) is 68.5 Å². The van der Waals surface area contributed by atoms with E-state index < -0.39 is 5.41 Å². The van der Waals surface area contributed by atoms with Gasteiger partial charge in [-0.2, -0.15) is 0 Å². The Kier molecular flexibility index (Phi) is 5.16. The molecule has 2 N–H and O–H groups in total. The molecule has 1 aliphatic carbocycles. The maximum atomic E-state index is 12.9. The SMILES string of the molecule is COc1cc(Cl)c(C)cc1NC(=O)C1(C(=O)Nc2cc(C)cc(C)c2)CC1. The highest BCUT2D eigenvalue weighted by Crippen LogP contribution is 2.48. The molecule has 5 nitrogen and oxygen atoms in total. The summed E-state index contributed by atoms with van der Waals surface area (Å²) in [4.78, 5) is 25.7. The number of carbonyl (C=O) groups excluding carboxylic acids is 2. The molecule has 0 atom stereocenters. The van der Waals surface area contributed by atoms with Crippen LogP contribution in [-0.2, 0) is 9.59 Å². The molecule has 1 saturated carbocycles. The van der Waals surface area contributed by atoms with Crippen molar-refractivity contribution in [3.8, 4) is 5.75 Å². The number of nitrogens with one attached hydrogen (secondary N) is 2. The largest absolute Gasteiger partial charge is 0.495 e. The molecular formula is C21H23ClN2O3. The molecule has 2 aromatic carbocycles. The zero-order chi connectivity index (χ0) is 19.8. The minimum Gasteiger partial charge on any atom is -0.495 e. The minimum atomic E-state index is -1.05. The van der Waals surface area contributed by atoms with Crippen LogP contribution in [0.3, 0.4) is 0 Å². The van der Waals surface area contributed by atoms with Gasteiger partial charge >= 0.3 is 0 Å². The van der Waals surface area contributed by atoms with E-state index in [9.17, 15) is 9.59 Å². The topological polar surface area (TPSA) is 67.4 Å². The average Bonchev–Trinajstić information content (AvgIpc) is 3.39. The molecule has 2 aromatic rings. The van der Waals surface area contributed by atoms with Crippen LogP contribution in [-0.4, -0.2) is 18.9 Å². The first kappa shape index (κ1) is 19.2. The average molecular weight is 387 g/mol. The summed E-state index contributed by atoms with van der Waals surface area (Å²) >= 11 is 6.11. The summed E-state index contributed by atoms with van der Waals surface area (Å²) in [6, 6.07) is 9.22. The normalized spacial score (nSPS) is 14.4. The van der Waals surface area contributed by atoms with Gasteiger partial charge in [0.05, 0.1) is 12.8 Å². The highest BCUT2D eigenvalue weighted by atomic mass is 35.5. The van der Waals surface area contributed by atoms with Crippen LogP contribution in [0.5, 0.6) is 5.75 Å². The zero-order valence-electron chi connectivity index (χ0n) is 15.9. The van der Waals surface area contributed by atoms with E-state index in [2.05, 4.69) is 10.6 Å². The number of hydrogen-bond donors (Lipinski definition) is 2. The molecule has 0 aliphatic heterocycles. The van der Waals surface area contributed by atoms with Crippen LogP contribution in [0.15, 0.2) is 30.3 Å². The van der Waals surface area contributed by atoms with Gasteiger partial charge in [0.1, 0.15) is 11.2 Å². The van der Waals surface area contributed by atoms with Gasteiger partial charge in [-0.15, -0.1) is 0 Å². The van der Waals surface area contributed by atoms with E-state index in [1.165, 1.54) is 7.11 Å². The summed E-state index contributed by atoms with van der Waals surface area (Å²) < 4.78 is 5.30. The van der Waals surface area contributed by atoms with Crippen molar-refractivity contribution in [2.24, 2.45) is 5.41 Å². The molecule has 0 spiro atoms. The van der Waals surface area contributed by atoms with E-state index in [0.717, 1.165) is 16.7 Å². The Balaban J connectivity index is 1.78. The Labute approximate surface area is 164 Å². The van der Waals surface area contributed by atoms with Gasteiger partial charge in [0, 0.05) is 16.8 Å². The third-order valence-electron chi connectivity index (χ3n) is 4.83. The van der Waals surface area contributed by atoms with Crippen LogP contribution in [0.2, 0.25) is 5.02 Å². The number of methoxy groups -OCH3 is 1. The van der Waals surface area contributed by atoms with Crippen molar-refractivity contribution in [1.82, 2.24) is 0 Å². The second kappa shape index (κ2) is 7.24. The molecule has 2 amide bonds. The first-order valence-electron chi connectivity index (χ1n) is 8.80. The quantitative estimate of drug-likeness (QED) is 0.736. The highest BCUT2D eigenvalue weighted by Gasteiger charge is 2.56. The number of benzene rings is 2. The van der Waals surface area contributed by atoms with Crippen LogP contribution < -0.4 is 15.4 Å². The number of rotatable bonds is 5. The second-order valence-electron chi connectivity index (χ2n) is 7.17. The van der Waals surface area contributed by atoms with E-state index in [1.54, 1.807) is 12.1 Å². The number of aryl methyl sites for hydroxylation is 3. The second-order valence-corrected chi connectivity index (χ2v) is 7.58. The molecule has 3 rings (SSSR count). The van der Waals surface area contributed by atoms with Crippen molar-refractivity contribution >= 4 is 34.8 Å². The number of carbonyl (C=O) groups is 2. The standard InChI is InChI=1S/C21H23ClN2O3/c1-12-7-13(2)9-15(8-12)23-19(25)21(5-6-21)20(26)24-17-10-14(3)16(22)11-18(17)27-4/h7-11H,5-6H2,1-4H3,(H,23,25)(H,24,26). The molecule has 0 saturated heterocycles. The van der Waals surface area contributed by atoms with Crippen molar-refractivity contribution in [2.45, 2.75) is 33.6 Å². The van der Waals surface area contributed by atoms with E-state index in [0.29, 0.717) is 35.0 Å². The Morgan fingerprint density at radius 2 is 1.56 bits per heavy atom. The summed E-state index contributed by atoms with van der Waals surface area (Å²) in [5, 5.41) is 6.28. The molecule has 0 unspecified atom stereocenters. The van der Waals surface area contributed by atoms with E-state index in [1.807, 2.05) is 39.0 Å². The fourth-order valence-corrected chi connectivity index (χ4v) is 3.31. The molecule has 0 heterocycles. The number of anilines is 2. The minimum absolute atomic E-state index is 0.283. The molecule has 1 fully saturated rings. The van der Waals surface area contributed by atoms with Gasteiger partial charge in [-0.25, -0.2) is 0 Å². The number of ether oxygens (including phenoxy) is 1. The Morgan fingerprint density at radius 3 is 2.11 bits per heavy atom. The van der Waals surface area contributed by atoms with Crippen LogP contribution >= 0.6 is 11.6 Å². The van der Waals surface area contributed by atoms with Gasteiger partial charge in [0.15, 0.2) is 0 Å². The summed E-state index contributed by atoms with van der Waals surface area (Å²) in [5.41, 5.74) is 3.10. The third-order valence-corrected chi connectivity index (χ3v) is 5.23. The molecule has 0 aromatic heterocycles. The predicted octanol–water partition coefficient (Wildman–Crippen LogP) is 4.63. The van der Waals surface area contributed by atoms with Gasteiger partial charge in [0.25, 0.3) is 0 Å². The maximum absolute atomic E-state index is 12.9. The van der Waals surface area contributed by atoms with Gasteiger partial charge in [0.2, 0.25) is 11.8 Å². The van der Waals surface area contributed by atoms with E-state index >= 15 is 0 Å². The van der Waals surface area contributed by atoms with E-state index in [-0.39, 0.29) is 11.8 Å². The van der Waals surface area contributed by atoms with Crippen molar-refractivity contribution in [3.63, 3.8) is 0 Å². The van der Waals surface area contributed by atoms with Gasteiger partial charge < -0.3 is 15.4 Å². The first-order chi connectivity index (χ1) is 12.7. The highest BCUT2D eigenvalue weighted by molar-refractivity contribution is 6.31. The first-order valence-corrected chi connectivity index (χ1v) is 9.18. The fraction of sp³-hybridized carbons (Fsp3) is 0.333. The Hall–Kier alpha value is -2.53. The third kappa shape index (κ3) is 3.93. The number of hydrogen-bond acceptors (Lipinski definition) is 3. The zero-order valence-corrected chi connectivity index (χ0v) is 16.7. The van der Waals surface area contributed by atoms with Crippen LogP contribution in [0.4, 0.5) is 11.4 Å². The Morgan fingerprint density at radius 1 is 0.963 bits per heavy atom. The molecule has 27 heavy (non-hydrogen) atoms. The predicted molar refractivity (Wildman–Crippen MR) is 108 cm³/mol. The monoisotopic (exact) mass is 386 g/mol. The van der Waals surface area contributed by atoms with Crippen molar-refractivity contribution in [1.29, 1.82) is 0 Å². The van der Waals surface area contributed by atoms with Crippen LogP contribution in [0.1, 0.15) is 29.5 Å². The molecule has 0 radical (unpaired) electrons.